The van der Waals surface area contributed by atoms with Gasteiger partial charge in [-0.2, -0.15) is 0 Å². The van der Waals surface area contributed by atoms with E-state index >= 15 is 0 Å². The third kappa shape index (κ3) is 4.42. The van der Waals surface area contributed by atoms with Gasteiger partial charge in [-0.3, -0.25) is 0 Å². The van der Waals surface area contributed by atoms with Gasteiger partial charge in [0, 0.05) is 10.1 Å². The molecule has 0 radical (unpaired) electrons. The monoisotopic (exact) mass is 411 g/mol. The van der Waals surface area contributed by atoms with Crippen molar-refractivity contribution in [3.8, 4) is 0 Å². The standard InChI is InChI=1S/C13H18INO4S/c1-4-13(2,3)8-15-20(18,19)9-5-6-11(14)10(7-9)12(16)17/h5-7,15H,4,8H2,1-3H3,(H,16,17). The molecule has 0 bridgehead atoms. The molecule has 0 amide bonds. The molecule has 0 aliphatic rings. The lowest BCUT2D eigenvalue weighted by Crippen LogP contribution is -2.33. The molecule has 112 valence electrons. The number of carbonyl (C=O) groups is 1. The first-order valence-electron chi connectivity index (χ1n) is 6.11. The lowest BCUT2D eigenvalue weighted by Gasteiger charge is -2.22. The third-order valence-corrected chi connectivity index (χ3v) is 5.52. The minimum absolute atomic E-state index is 0.0109. The molecule has 20 heavy (non-hydrogen) atoms. The third-order valence-electron chi connectivity index (χ3n) is 3.18. The van der Waals surface area contributed by atoms with Crippen molar-refractivity contribution in [2.75, 3.05) is 6.54 Å². The minimum Gasteiger partial charge on any atom is -0.478 e. The summed E-state index contributed by atoms with van der Waals surface area (Å²) >= 11 is 1.86. The van der Waals surface area contributed by atoms with Gasteiger partial charge in [0.1, 0.15) is 0 Å². The summed E-state index contributed by atoms with van der Waals surface area (Å²) in [6, 6.07) is 4.09. The van der Waals surface area contributed by atoms with Crippen LogP contribution in [0, 0.1) is 8.99 Å². The van der Waals surface area contributed by atoms with Crippen LogP contribution in [-0.4, -0.2) is 26.0 Å². The average molecular weight is 411 g/mol. The van der Waals surface area contributed by atoms with Crippen LogP contribution in [0.2, 0.25) is 0 Å². The fraction of sp³-hybridized carbons (Fsp3) is 0.462. The maximum Gasteiger partial charge on any atom is 0.336 e. The molecule has 1 aromatic rings. The quantitative estimate of drug-likeness (QED) is 0.706. The minimum atomic E-state index is -3.69. The van der Waals surface area contributed by atoms with Crippen molar-refractivity contribution >= 4 is 38.6 Å². The lowest BCUT2D eigenvalue weighted by molar-refractivity contribution is 0.0695. The number of hydrogen-bond acceptors (Lipinski definition) is 3. The van der Waals surface area contributed by atoms with E-state index in [1.165, 1.54) is 18.2 Å². The van der Waals surface area contributed by atoms with E-state index in [1.54, 1.807) is 0 Å². The molecule has 0 aliphatic carbocycles. The zero-order chi connectivity index (χ0) is 15.6. The highest BCUT2D eigenvalue weighted by Gasteiger charge is 2.22. The van der Waals surface area contributed by atoms with Gasteiger partial charge in [-0.25, -0.2) is 17.9 Å². The molecule has 1 rings (SSSR count). The smallest absolute Gasteiger partial charge is 0.336 e. The normalized spacial score (nSPS) is 12.4. The summed E-state index contributed by atoms with van der Waals surface area (Å²) < 4.78 is 27.4. The summed E-state index contributed by atoms with van der Waals surface area (Å²) in [4.78, 5) is 11.0. The maximum absolute atomic E-state index is 12.2. The second-order valence-electron chi connectivity index (χ2n) is 5.29. The van der Waals surface area contributed by atoms with Crippen molar-refractivity contribution in [2.45, 2.75) is 32.1 Å². The number of carboxylic acid groups (broad SMARTS) is 1. The Kier molecular flexibility index (Phi) is 5.56. The Hall–Kier alpha value is -0.670. The second kappa shape index (κ2) is 6.40. The van der Waals surface area contributed by atoms with Crippen LogP contribution in [-0.2, 0) is 10.0 Å². The summed E-state index contributed by atoms with van der Waals surface area (Å²) in [5, 5.41) is 9.03. The first-order chi connectivity index (χ1) is 9.09. The number of halogens is 1. The van der Waals surface area contributed by atoms with Gasteiger partial charge in [0.25, 0.3) is 0 Å². The van der Waals surface area contributed by atoms with Crippen molar-refractivity contribution < 1.29 is 18.3 Å². The van der Waals surface area contributed by atoms with Crippen LogP contribution >= 0.6 is 22.6 Å². The van der Waals surface area contributed by atoms with E-state index in [1.807, 2.05) is 43.4 Å². The molecule has 0 atom stereocenters. The van der Waals surface area contributed by atoms with Crippen molar-refractivity contribution in [2.24, 2.45) is 5.41 Å². The van der Waals surface area contributed by atoms with Gasteiger partial charge >= 0.3 is 5.97 Å². The molecule has 5 nitrogen and oxygen atoms in total. The Morgan fingerprint density at radius 2 is 2.00 bits per heavy atom. The van der Waals surface area contributed by atoms with Gasteiger partial charge in [-0.15, -0.1) is 0 Å². The molecular formula is C13H18INO4S. The Morgan fingerprint density at radius 1 is 1.40 bits per heavy atom. The Morgan fingerprint density at radius 3 is 2.50 bits per heavy atom. The van der Waals surface area contributed by atoms with E-state index in [0.717, 1.165) is 6.42 Å². The van der Waals surface area contributed by atoms with E-state index < -0.39 is 16.0 Å². The van der Waals surface area contributed by atoms with Crippen LogP contribution in [0.3, 0.4) is 0 Å². The summed E-state index contributed by atoms with van der Waals surface area (Å²) in [5.74, 6) is -1.14. The second-order valence-corrected chi connectivity index (χ2v) is 8.22. The molecule has 0 fully saturated rings. The highest BCUT2D eigenvalue weighted by molar-refractivity contribution is 14.1. The SMILES string of the molecule is CCC(C)(C)CNS(=O)(=O)c1ccc(I)c(C(=O)O)c1. The van der Waals surface area contributed by atoms with Crippen molar-refractivity contribution in [3.63, 3.8) is 0 Å². The number of aromatic carboxylic acids is 1. The highest BCUT2D eigenvalue weighted by atomic mass is 127. The summed E-state index contributed by atoms with van der Waals surface area (Å²) in [6.45, 7) is 6.22. The van der Waals surface area contributed by atoms with Crippen LogP contribution in [0.15, 0.2) is 23.1 Å². The molecule has 7 heteroatoms. The largest absolute Gasteiger partial charge is 0.478 e. The average Bonchev–Trinajstić information content (AvgIpc) is 2.36. The molecule has 0 saturated carbocycles. The summed E-state index contributed by atoms with van der Waals surface area (Å²) in [6.07, 6.45) is 0.836. The number of hydrogen-bond donors (Lipinski definition) is 2. The van der Waals surface area contributed by atoms with Gasteiger partial charge in [0.15, 0.2) is 0 Å². The zero-order valence-corrected chi connectivity index (χ0v) is 14.6. The van der Waals surface area contributed by atoms with Gasteiger partial charge in [0.05, 0.1) is 10.5 Å². The first-order valence-corrected chi connectivity index (χ1v) is 8.68. The number of rotatable bonds is 6. The van der Waals surface area contributed by atoms with E-state index in [4.69, 9.17) is 5.11 Å². The fourth-order valence-electron chi connectivity index (χ4n) is 1.33. The summed E-state index contributed by atoms with van der Waals surface area (Å²) in [5.41, 5.74) is -0.158. The topological polar surface area (TPSA) is 83.5 Å². The van der Waals surface area contributed by atoms with Crippen LogP contribution in [0.1, 0.15) is 37.6 Å². The van der Waals surface area contributed by atoms with Crippen molar-refractivity contribution in [1.82, 2.24) is 4.72 Å². The van der Waals surface area contributed by atoms with Gasteiger partial charge in [0.2, 0.25) is 10.0 Å². The van der Waals surface area contributed by atoms with E-state index in [9.17, 15) is 13.2 Å². The van der Waals surface area contributed by atoms with Crippen LogP contribution in [0.4, 0.5) is 0 Å². The van der Waals surface area contributed by atoms with Crippen LogP contribution < -0.4 is 4.72 Å². The van der Waals surface area contributed by atoms with Crippen LogP contribution in [0.25, 0.3) is 0 Å². The maximum atomic E-state index is 12.2. The predicted octanol–water partition coefficient (Wildman–Crippen LogP) is 2.70. The molecule has 0 aliphatic heterocycles. The first kappa shape index (κ1) is 17.4. The fourth-order valence-corrected chi connectivity index (χ4v) is 3.17. The molecule has 1 aromatic carbocycles. The van der Waals surface area contributed by atoms with E-state index in [0.29, 0.717) is 10.1 Å². The van der Waals surface area contributed by atoms with Crippen molar-refractivity contribution in [1.29, 1.82) is 0 Å². The van der Waals surface area contributed by atoms with Crippen molar-refractivity contribution in [3.05, 3.63) is 27.3 Å². The molecule has 0 unspecified atom stereocenters. The zero-order valence-electron chi connectivity index (χ0n) is 11.6. The Balaban J connectivity index is 3.05. The van der Waals surface area contributed by atoms with E-state index in [2.05, 4.69) is 4.72 Å². The van der Waals surface area contributed by atoms with Crippen LogP contribution in [0.5, 0.6) is 0 Å². The van der Waals surface area contributed by atoms with Gasteiger partial charge < -0.3 is 5.11 Å². The Bertz CT molecular complexity index is 611. The van der Waals surface area contributed by atoms with Gasteiger partial charge in [-0.05, 0) is 52.6 Å². The number of nitrogens with one attached hydrogen (secondary N) is 1. The van der Waals surface area contributed by atoms with E-state index in [-0.39, 0.29) is 15.9 Å². The number of benzene rings is 1. The molecule has 0 aromatic heterocycles. The molecular weight excluding hydrogens is 393 g/mol. The predicted molar refractivity (Wildman–Crippen MR) is 85.4 cm³/mol. The molecule has 2 N–H and O–H groups in total. The Labute approximate surface area is 133 Å². The highest BCUT2D eigenvalue weighted by Crippen LogP contribution is 2.21. The molecule has 0 heterocycles. The number of carboxylic acids is 1. The molecule has 0 spiro atoms. The lowest BCUT2D eigenvalue weighted by atomic mass is 9.91. The van der Waals surface area contributed by atoms with Gasteiger partial charge in [-0.1, -0.05) is 20.8 Å². The summed E-state index contributed by atoms with van der Waals surface area (Å²) in [7, 11) is -3.69. The number of sulfonamides is 1. The molecule has 0 saturated heterocycles.